The number of carbonyl (C=O) groups is 1. The van der Waals surface area contributed by atoms with Crippen LogP contribution in [0.2, 0.25) is 0 Å². The Morgan fingerprint density at radius 2 is 2.07 bits per heavy atom. The van der Waals surface area contributed by atoms with Crippen molar-refractivity contribution in [2.75, 3.05) is 26.3 Å². The van der Waals surface area contributed by atoms with E-state index in [0.29, 0.717) is 12.2 Å². The van der Waals surface area contributed by atoms with Crippen molar-refractivity contribution in [1.29, 1.82) is 0 Å². The molecular weight excluding hydrogens is 190 g/mol. The lowest BCUT2D eigenvalue weighted by Crippen LogP contribution is -2.54. The Balaban J connectivity index is 2.54. The molecule has 0 unspecified atom stereocenters. The Morgan fingerprint density at radius 3 is 2.60 bits per heavy atom. The molecule has 0 saturated carbocycles. The van der Waals surface area contributed by atoms with Crippen molar-refractivity contribution >= 4 is 5.78 Å². The Hall–Kier alpha value is -0.670. The molecule has 0 amide bonds. The molecule has 0 atom stereocenters. The monoisotopic (exact) mass is 211 g/mol. The predicted molar refractivity (Wildman–Crippen MR) is 60.9 cm³/mol. The van der Waals surface area contributed by atoms with Crippen LogP contribution in [0.5, 0.6) is 0 Å². The zero-order valence-electron chi connectivity index (χ0n) is 9.79. The highest BCUT2D eigenvalue weighted by atomic mass is 16.5. The van der Waals surface area contributed by atoms with E-state index >= 15 is 0 Å². The van der Waals surface area contributed by atoms with E-state index in [2.05, 4.69) is 11.5 Å². The minimum Gasteiger partial charge on any atom is -0.379 e. The van der Waals surface area contributed by atoms with E-state index in [1.165, 1.54) is 0 Å². The van der Waals surface area contributed by atoms with Crippen LogP contribution in [0.15, 0.2) is 12.7 Å². The zero-order chi connectivity index (χ0) is 11.3. The third kappa shape index (κ3) is 3.14. The number of hydrogen-bond acceptors (Lipinski definition) is 3. The molecule has 1 heterocycles. The molecule has 0 radical (unpaired) electrons. The van der Waals surface area contributed by atoms with E-state index in [-0.39, 0.29) is 5.54 Å². The van der Waals surface area contributed by atoms with E-state index in [1.807, 2.05) is 13.8 Å². The summed E-state index contributed by atoms with van der Waals surface area (Å²) in [5.41, 5.74) is -0.354. The lowest BCUT2D eigenvalue weighted by Gasteiger charge is -2.39. The van der Waals surface area contributed by atoms with Gasteiger partial charge in [0.25, 0.3) is 0 Å². The van der Waals surface area contributed by atoms with Gasteiger partial charge in [0.1, 0.15) is 0 Å². The van der Waals surface area contributed by atoms with Crippen LogP contribution in [0.4, 0.5) is 0 Å². The van der Waals surface area contributed by atoms with Crippen LogP contribution in [-0.4, -0.2) is 42.5 Å². The normalized spacial score (nSPS) is 18.8. The summed E-state index contributed by atoms with van der Waals surface area (Å²) in [6.45, 7) is 10.8. The maximum absolute atomic E-state index is 12.0. The number of allylic oxidation sites excluding steroid dienone is 1. The van der Waals surface area contributed by atoms with Crippen molar-refractivity contribution < 1.29 is 9.53 Å². The van der Waals surface area contributed by atoms with Gasteiger partial charge in [-0.05, 0) is 20.3 Å². The second-order valence-corrected chi connectivity index (χ2v) is 4.41. The molecule has 0 aromatic rings. The number of carbonyl (C=O) groups excluding carboxylic acids is 1. The number of morpholine rings is 1. The lowest BCUT2D eigenvalue weighted by molar-refractivity contribution is -0.132. The van der Waals surface area contributed by atoms with Gasteiger partial charge in [-0.3, -0.25) is 9.69 Å². The van der Waals surface area contributed by atoms with Gasteiger partial charge in [-0.25, -0.2) is 0 Å². The van der Waals surface area contributed by atoms with Gasteiger partial charge >= 0.3 is 0 Å². The Kier molecular flexibility index (Phi) is 4.48. The van der Waals surface area contributed by atoms with Crippen LogP contribution in [0.3, 0.4) is 0 Å². The molecule has 3 nitrogen and oxygen atoms in total. The van der Waals surface area contributed by atoms with E-state index < -0.39 is 0 Å². The maximum atomic E-state index is 12.0. The lowest BCUT2D eigenvalue weighted by atomic mass is 9.93. The number of hydrogen-bond donors (Lipinski definition) is 0. The summed E-state index contributed by atoms with van der Waals surface area (Å²) < 4.78 is 5.29. The van der Waals surface area contributed by atoms with E-state index in [4.69, 9.17) is 4.74 Å². The first-order valence-corrected chi connectivity index (χ1v) is 5.56. The first-order valence-electron chi connectivity index (χ1n) is 5.56. The Bertz CT molecular complexity index is 230. The summed E-state index contributed by atoms with van der Waals surface area (Å²) >= 11 is 0. The summed E-state index contributed by atoms with van der Waals surface area (Å²) in [4.78, 5) is 14.2. The van der Waals surface area contributed by atoms with Crippen molar-refractivity contribution in [3.05, 3.63) is 12.7 Å². The number of nitrogens with zero attached hydrogens (tertiary/aromatic N) is 1. The molecule has 0 bridgehead atoms. The van der Waals surface area contributed by atoms with Gasteiger partial charge in [-0.15, -0.1) is 6.58 Å². The fraction of sp³-hybridized carbons (Fsp3) is 0.750. The standard InChI is InChI=1S/C12H21NO2/c1-4-5-6-11(14)12(2,3)13-7-9-15-10-8-13/h4H,1,5-10H2,2-3H3. The molecule has 1 rings (SSSR count). The maximum Gasteiger partial charge on any atom is 0.152 e. The largest absolute Gasteiger partial charge is 0.379 e. The molecule has 1 aliphatic rings. The molecule has 86 valence electrons. The molecule has 0 spiro atoms. The molecule has 15 heavy (non-hydrogen) atoms. The molecule has 1 fully saturated rings. The molecule has 0 aromatic heterocycles. The quantitative estimate of drug-likeness (QED) is 0.647. The molecule has 1 aliphatic heterocycles. The SMILES string of the molecule is C=CCCC(=O)C(C)(C)N1CCOCC1. The summed E-state index contributed by atoms with van der Waals surface area (Å²) in [5, 5.41) is 0. The zero-order valence-corrected chi connectivity index (χ0v) is 9.79. The first-order chi connectivity index (χ1) is 7.09. The average molecular weight is 211 g/mol. The van der Waals surface area contributed by atoms with Crippen molar-refractivity contribution in [2.45, 2.75) is 32.2 Å². The van der Waals surface area contributed by atoms with E-state index in [1.54, 1.807) is 6.08 Å². The van der Waals surface area contributed by atoms with Crippen LogP contribution in [-0.2, 0) is 9.53 Å². The minimum atomic E-state index is -0.354. The summed E-state index contributed by atoms with van der Waals surface area (Å²) in [7, 11) is 0. The van der Waals surface area contributed by atoms with Gasteiger partial charge in [-0.2, -0.15) is 0 Å². The van der Waals surface area contributed by atoms with Crippen molar-refractivity contribution in [3.8, 4) is 0 Å². The third-order valence-electron chi connectivity index (χ3n) is 3.06. The van der Waals surface area contributed by atoms with E-state index in [0.717, 1.165) is 32.7 Å². The predicted octanol–water partition coefficient (Wildman–Crippen LogP) is 1.63. The number of Topliss-reactive ketones (excluding diaryl/α,β-unsaturated/α-hetero) is 1. The van der Waals surface area contributed by atoms with Gasteiger partial charge in [0.15, 0.2) is 5.78 Å². The second kappa shape index (κ2) is 5.42. The van der Waals surface area contributed by atoms with Crippen LogP contribution < -0.4 is 0 Å². The van der Waals surface area contributed by atoms with E-state index in [9.17, 15) is 4.79 Å². The average Bonchev–Trinajstić information content (AvgIpc) is 2.27. The highest BCUT2D eigenvalue weighted by molar-refractivity contribution is 5.87. The number of ketones is 1. The smallest absolute Gasteiger partial charge is 0.152 e. The third-order valence-corrected chi connectivity index (χ3v) is 3.06. The summed E-state index contributed by atoms with van der Waals surface area (Å²) in [5.74, 6) is 0.296. The molecular formula is C12H21NO2. The van der Waals surface area contributed by atoms with Gasteiger partial charge < -0.3 is 4.74 Å². The first kappa shape index (κ1) is 12.4. The highest BCUT2D eigenvalue weighted by Gasteiger charge is 2.34. The van der Waals surface area contributed by atoms with Crippen LogP contribution in [0.25, 0.3) is 0 Å². The fourth-order valence-corrected chi connectivity index (χ4v) is 1.84. The fourth-order valence-electron chi connectivity index (χ4n) is 1.84. The van der Waals surface area contributed by atoms with Crippen LogP contribution >= 0.6 is 0 Å². The Morgan fingerprint density at radius 1 is 1.47 bits per heavy atom. The summed E-state index contributed by atoms with van der Waals surface area (Å²) in [6.07, 6.45) is 3.16. The van der Waals surface area contributed by atoms with Crippen molar-refractivity contribution in [3.63, 3.8) is 0 Å². The van der Waals surface area contributed by atoms with Crippen LogP contribution in [0, 0.1) is 0 Å². The molecule has 0 N–H and O–H groups in total. The topological polar surface area (TPSA) is 29.5 Å². The van der Waals surface area contributed by atoms with Gasteiger partial charge in [-0.1, -0.05) is 6.08 Å². The molecule has 1 saturated heterocycles. The van der Waals surface area contributed by atoms with Crippen LogP contribution in [0.1, 0.15) is 26.7 Å². The molecule has 0 aliphatic carbocycles. The molecule has 0 aromatic carbocycles. The Labute approximate surface area is 92.1 Å². The van der Waals surface area contributed by atoms with Gasteiger partial charge in [0, 0.05) is 19.5 Å². The van der Waals surface area contributed by atoms with Gasteiger partial charge in [0.05, 0.1) is 18.8 Å². The number of rotatable bonds is 5. The minimum absolute atomic E-state index is 0.296. The van der Waals surface area contributed by atoms with Crippen molar-refractivity contribution in [1.82, 2.24) is 4.90 Å². The number of ether oxygens (including phenoxy) is 1. The van der Waals surface area contributed by atoms with Gasteiger partial charge in [0.2, 0.25) is 0 Å². The molecule has 3 heteroatoms. The van der Waals surface area contributed by atoms with Crippen molar-refractivity contribution in [2.24, 2.45) is 0 Å². The summed E-state index contributed by atoms with van der Waals surface area (Å²) in [6, 6.07) is 0. The highest BCUT2D eigenvalue weighted by Crippen LogP contribution is 2.19. The second-order valence-electron chi connectivity index (χ2n) is 4.41.